The number of unbranched alkanes of at least 4 members (excludes halogenated alkanes) is 6. The molecule has 0 fully saturated rings. The van der Waals surface area contributed by atoms with E-state index >= 15 is 0 Å². The zero-order chi connectivity index (χ0) is 18.9. The Morgan fingerprint density at radius 2 is 1.25 bits per heavy atom. The van der Waals surface area contributed by atoms with Crippen molar-refractivity contribution in [2.45, 2.75) is 83.7 Å². The van der Waals surface area contributed by atoms with E-state index in [1.165, 1.54) is 0 Å². The van der Waals surface area contributed by atoms with Gasteiger partial charge in [-0.25, -0.2) is 13.2 Å². The molecule has 9 heteroatoms. The molecule has 0 saturated carbocycles. The first-order valence-electron chi connectivity index (χ1n) is 8.43. The molecule has 0 atom stereocenters. The van der Waals surface area contributed by atoms with Crippen molar-refractivity contribution in [3.8, 4) is 0 Å². The summed E-state index contributed by atoms with van der Waals surface area (Å²) < 4.78 is 81.0. The van der Waals surface area contributed by atoms with Crippen molar-refractivity contribution in [1.82, 2.24) is 4.31 Å². The van der Waals surface area contributed by atoms with Crippen LogP contribution in [0.25, 0.3) is 0 Å². The zero-order valence-corrected chi connectivity index (χ0v) is 15.5. The lowest BCUT2D eigenvalue weighted by atomic mass is 10.2. The third-order valence-corrected chi connectivity index (χ3v) is 5.19. The molecule has 0 bridgehead atoms. The Hall–Kier alpha value is -0.410. The Morgan fingerprint density at radius 1 is 0.833 bits per heavy atom. The van der Waals surface area contributed by atoms with Crippen LogP contribution in [0.4, 0.5) is 17.6 Å². The third-order valence-electron chi connectivity index (χ3n) is 3.46. The molecule has 0 N–H and O–H groups in total. The van der Waals surface area contributed by atoms with E-state index in [0.29, 0.717) is 30.0 Å². The number of alkyl halides is 4. The molecule has 146 valence electrons. The highest BCUT2D eigenvalue weighted by atomic mass is 32.2. The molecule has 0 radical (unpaired) electrons. The summed E-state index contributed by atoms with van der Waals surface area (Å²) in [4.78, 5) is 0. The highest BCUT2D eigenvalue weighted by Gasteiger charge is 2.55. The lowest BCUT2D eigenvalue weighted by Crippen LogP contribution is -2.48. The predicted molar refractivity (Wildman–Crippen MR) is 85.4 cm³/mol. The van der Waals surface area contributed by atoms with Crippen molar-refractivity contribution in [1.29, 1.82) is 0 Å². The van der Waals surface area contributed by atoms with Crippen LogP contribution in [0.2, 0.25) is 0 Å². The second kappa shape index (κ2) is 10.6. The Kier molecular flexibility index (Phi) is 10.4. The summed E-state index contributed by atoms with van der Waals surface area (Å²) in [5, 5.41) is 0. The van der Waals surface area contributed by atoms with Gasteiger partial charge in [0, 0.05) is 20.0 Å². The van der Waals surface area contributed by atoms with Gasteiger partial charge in [-0.2, -0.15) is 21.9 Å². The second-order valence-corrected chi connectivity index (χ2v) is 7.84. The fraction of sp³-hybridized carbons (Fsp3) is 1.00. The van der Waals surface area contributed by atoms with E-state index in [4.69, 9.17) is 0 Å². The van der Waals surface area contributed by atoms with Gasteiger partial charge >= 0.3 is 21.6 Å². The molecule has 0 amide bonds. The van der Waals surface area contributed by atoms with Crippen LogP contribution in [0, 0.1) is 0 Å². The Bertz CT molecular complexity index is 426. The molecule has 0 saturated heterocycles. The highest BCUT2D eigenvalue weighted by Crippen LogP contribution is 2.33. The first-order valence-corrected chi connectivity index (χ1v) is 9.87. The van der Waals surface area contributed by atoms with E-state index < -0.39 is 21.6 Å². The summed E-state index contributed by atoms with van der Waals surface area (Å²) in [6, 6.07) is 0. The SMILES string of the molecule is CCCCCCN(CCCCCC)S(=O)(=O)C(F)(F)OC(C)(F)F. The van der Waals surface area contributed by atoms with E-state index in [9.17, 15) is 26.0 Å². The summed E-state index contributed by atoms with van der Waals surface area (Å²) >= 11 is 0. The van der Waals surface area contributed by atoms with Crippen molar-refractivity contribution in [2.75, 3.05) is 13.1 Å². The average molecular weight is 379 g/mol. The molecule has 0 aliphatic rings. The fourth-order valence-corrected chi connectivity index (χ4v) is 3.48. The maximum atomic E-state index is 13.8. The minimum Gasteiger partial charge on any atom is -0.241 e. The molecular weight excluding hydrogens is 350 g/mol. The first-order chi connectivity index (χ1) is 11.0. The topological polar surface area (TPSA) is 46.6 Å². The summed E-state index contributed by atoms with van der Waals surface area (Å²) in [6.07, 6.45) is 1.45. The van der Waals surface area contributed by atoms with Gasteiger partial charge in [-0.3, -0.25) is 0 Å². The van der Waals surface area contributed by atoms with E-state index in [1.54, 1.807) is 0 Å². The molecule has 0 aromatic carbocycles. The molecule has 0 aliphatic heterocycles. The van der Waals surface area contributed by atoms with E-state index in [0.717, 1.165) is 25.7 Å². The van der Waals surface area contributed by atoms with Gasteiger partial charge in [0.25, 0.3) is 0 Å². The van der Waals surface area contributed by atoms with Gasteiger partial charge in [-0.1, -0.05) is 52.4 Å². The number of hydrogen-bond acceptors (Lipinski definition) is 3. The lowest BCUT2D eigenvalue weighted by molar-refractivity contribution is -0.331. The van der Waals surface area contributed by atoms with Crippen molar-refractivity contribution in [3.63, 3.8) is 0 Å². The number of halogens is 4. The molecule has 0 heterocycles. The maximum absolute atomic E-state index is 13.8. The zero-order valence-electron chi connectivity index (χ0n) is 14.7. The largest absolute Gasteiger partial charge is 0.481 e. The van der Waals surface area contributed by atoms with Gasteiger partial charge < -0.3 is 0 Å². The van der Waals surface area contributed by atoms with Gasteiger partial charge in [-0.15, -0.1) is 0 Å². The molecule has 24 heavy (non-hydrogen) atoms. The smallest absolute Gasteiger partial charge is 0.241 e. The second-order valence-electron chi connectivity index (χ2n) is 5.90. The summed E-state index contributed by atoms with van der Waals surface area (Å²) in [5.74, 6) is 0. The van der Waals surface area contributed by atoms with Crippen molar-refractivity contribution in [3.05, 3.63) is 0 Å². The van der Waals surface area contributed by atoms with Crippen LogP contribution < -0.4 is 0 Å². The lowest BCUT2D eigenvalue weighted by Gasteiger charge is -2.28. The van der Waals surface area contributed by atoms with Crippen molar-refractivity contribution >= 4 is 10.0 Å². The van der Waals surface area contributed by atoms with Crippen molar-refractivity contribution in [2.24, 2.45) is 0 Å². The monoisotopic (exact) mass is 379 g/mol. The normalized spacial score (nSPS) is 13.7. The van der Waals surface area contributed by atoms with Crippen molar-refractivity contribution < 1.29 is 30.7 Å². The van der Waals surface area contributed by atoms with Gasteiger partial charge in [0.15, 0.2) is 0 Å². The maximum Gasteiger partial charge on any atom is 0.481 e. The first kappa shape index (κ1) is 23.6. The van der Waals surface area contributed by atoms with Gasteiger partial charge in [0.05, 0.1) is 0 Å². The Morgan fingerprint density at radius 3 is 1.58 bits per heavy atom. The third kappa shape index (κ3) is 8.62. The van der Waals surface area contributed by atoms with Crippen LogP contribution in [0.15, 0.2) is 0 Å². The van der Waals surface area contributed by atoms with E-state index in [1.807, 2.05) is 13.8 Å². The van der Waals surface area contributed by atoms with Gasteiger partial charge in [0.2, 0.25) is 0 Å². The number of rotatable bonds is 14. The standard InChI is InChI=1S/C15H29F4NO3S/c1-4-6-8-10-12-20(13-11-9-7-5-2)24(21,22)15(18,19)23-14(3,16)17/h4-13H2,1-3H3. The predicted octanol–water partition coefficient (Wildman–Crippen LogP) is 4.96. The van der Waals surface area contributed by atoms with E-state index in [-0.39, 0.29) is 20.0 Å². The van der Waals surface area contributed by atoms with Crippen LogP contribution in [-0.2, 0) is 14.8 Å². The molecule has 0 spiro atoms. The summed E-state index contributed by atoms with van der Waals surface area (Å²) in [7, 11) is -5.31. The van der Waals surface area contributed by atoms with Crippen LogP contribution >= 0.6 is 0 Å². The molecule has 0 aromatic heterocycles. The molecule has 0 unspecified atom stereocenters. The number of sulfonamides is 1. The molecule has 0 aliphatic carbocycles. The fourth-order valence-electron chi connectivity index (χ4n) is 2.19. The minimum absolute atomic E-state index is 0.0866. The van der Waals surface area contributed by atoms with Gasteiger partial charge in [-0.05, 0) is 12.8 Å². The Labute approximate surface area is 142 Å². The van der Waals surface area contributed by atoms with E-state index in [2.05, 4.69) is 4.74 Å². The van der Waals surface area contributed by atoms with Crippen LogP contribution in [0.1, 0.15) is 72.1 Å². The molecule has 4 nitrogen and oxygen atoms in total. The molecule has 0 rings (SSSR count). The number of ether oxygens (including phenoxy) is 1. The number of nitrogens with zero attached hydrogens (tertiary/aromatic N) is 1. The highest BCUT2D eigenvalue weighted by molar-refractivity contribution is 7.90. The molecular formula is C15H29F4NO3S. The average Bonchev–Trinajstić information content (AvgIpc) is 2.42. The molecule has 0 aromatic rings. The quantitative estimate of drug-likeness (QED) is 0.317. The van der Waals surface area contributed by atoms with Gasteiger partial charge in [0.1, 0.15) is 0 Å². The summed E-state index contributed by atoms with van der Waals surface area (Å²) in [6.45, 7) is 3.77. The summed E-state index contributed by atoms with van der Waals surface area (Å²) in [5.41, 5.74) is -4.96. The minimum atomic E-state index is -5.31. The van der Waals surface area contributed by atoms with Crippen LogP contribution in [-0.4, -0.2) is 37.4 Å². The Balaban J connectivity index is 5.04. The number of hydrogen-bond donors (Lipinski definition) is 0. The van der Waals surface area contributed by atoms with Crippen LogP contribution in [0.3, 0.4) is 0 Å². The van der Waals surface area contributed by atoms with Crippen LogP contribution in [0.5, 0.6) is 0 Å².